The van der Waals surface area contributed by atoms with Gasteiger partial charge in [0.15, 0.2) is 0 Å². The number of aryl methyl sites for hydroxylation is 1. The summed E-state index contributed by atoms with van der Waals surface area (Å²) in [5.41, 5.74) is 0.400. The summed E-state index contributed by atoms with van der Waals surface area (Å²) in [6.45, 7) is 5.51. The zero-order chi connectivity index (χ0) is 16.3. The number of anilines is 1. The number of carboxylic acids is 1. The smallest absolute Gasteiger partial charge is 0.335 e. The van der Waals surface area contributed by atoms with Gasteiger partial charge in [0.2, 0.25) is 0 Å². The van der Waals surface area contributed by atoms with E-state index in [0.29, 0.717) is 16.3 Å². The van der Waals surface area contributed by atoms with E-state index in [0.717, 1.165) is 5.01 Å². The second-order valence-electron chi connectivity index (χ2n) is 4.88. The SMILES string of the molecule is Cc1ncc(C(=O)Nc2cc(C(=O)O)ccc2OC(C)C)s1. The molecule has 0 unspecified atom stereocenters. The third-order valence-corrected chi connectivity index (χ3v) is 3.59. The first-order valence-corrected chi connectivity index (χ1v) is 7.46. The molecule has 22 heavy (non-hydrogen) atoms. The van der Waals surface area contributed by atoms with Gasteiger partial charge in [-0.25, -0.2) is 9.78 Å². The average molecular weight is 320 g/mol. The van der Waals surface area contributed by atoms with Crippen molar-refractivity contribution in [2.75, 3.05) is 5.32 Å². The summed E-state index contributed by atoms with van der Waals surface area (Å²) in [6.07, 6.45) is 1.39. The molecular weight excluding hydrogens is 304 g/mol. The number of aromatic nitrogens is 1. The van der Waals surface area contributed by atoms with Crippen molar-refractivity contribution in [2.45, 2.75) is 26.9 Å². The lowest BCUT2D eigenvalue weighted by Crippen LogP contribution is -2.14. The number of benzene rings is 1. The lowest BCUT2D eigenvalue weighted by molar-refractivity contribution is 0.0696. The first-order chi connectivity index (χ1) is 10.4. The molecule has 2 rings (SSSR count). The first-order valence-electron chi connectivity index (χ1n) is 6.64. The summed E-state index contributed by atoms with van der Waals surface area (Å²) in [7, 11) is 0. The largest absolute Gasteiger partial charge is 0.489 e. The van der Waals surface area contributed by atoms with Crippen molar-refractivity contribution in [3.8, 4) is 5.75 Å². The van der Waals surface area contributed by atoms with Crippen molar-refractivity contribution >= 4 is 28.9 Å². The van der Waals surface area contributed by atoms with Gasteiger partial charge in [-0.3, -0.25) is 4.79 Å². The quantitative estimate of drug-likeness (QED) is 0.883. The number of rotatable bonds is 5. The first kappa shape index (κ1) is 16.0. The van der Waals surface area contributed by atoms with Crippen LogP contribution < -0.4 is 10.1 Å². The average Bonchev–Trinajstić information content (AvgIpc) is 2.86. The van der Waals surface area contributed by atoms with E-state index in [-0.39, 0.29) is 17.6 Å². The number of nitrogens with one attached hydrogen (secondary N) is 1. The second kappa shape index (κ2) is 6.57. The minimum atomic E-state index is -1.07. The van der Waals surface area contributed by atoms with Crippen molar-refractivity contribution in [3.63, 3.8) is 0 Å². The van der Waals surface area contributed by atoms with Crippen LogP contribution in [0, 0.1) is 6.92 Å². The number of thiazole rings is 1. The Bertz CT molecular complexity index is 709. The van der Waals surface area contributed by atoms with E-state index in [1.165, 1.54) is 35.7 Å². The minimum absolute atomic E-state index is 0.0758. The summed E-state index contributed by atoms with van der Waals surface area (Å²) in [4.78, 5) is 27.8. The highest BCUT2D eigenvalue weighted by Crippen LogP contribution is 2.28. The Labute approximate surface area is 131 Å². The zero-order valence-electron chi connectivity index (χ0n) is 12.4. The van der Waals surface area contributed by atoms with E-state index in [1.807, 2.05) is 13.8 Å². The Morgan fingerprint density at radius 1 is 1.36 bits per heavy atom. The van der Waals surface area contributed by atoms with Crippen molar-refractivity contribution in [1.82, 2.24) is 4.98 Å². The number of carbonyl (C=O) groups excluding carboxylic acids is 1. The normalized spacial score (nSPS) is 10.5. The van der Waals surface area contributed by atoms with Crippen LogP contribution in [-0.4, -0.2) is 28.1 Å². The molecule has 0 radical (unpaired) electrons. The Hall–Kier alpha value is -2.41. The van der Waals surface area contributed by atoms with Crippen LogP contribution in [0.4, 0.5) is 5.69 Å². The number of hydrogen-bond acceptors (Lipinski definition) is 5. The fraction of sp³-hybridized carbons (Fsp3) is 0.267. The molecule has 1 aromatic carbocycles. The highest BCUT2D eigenvalue weighted by molar-refractivity contribution is 7.13. The fourth-order valence-electron chi connectivity index (χ4n) is 1.77. The predicted octanol–water partition coefficient (Wildman–Crippen LogP) is 3.19. The Morgan fingerprint density at radius 2 is 2.09 bits per heavy atom. The number of hydrogen-bond donors (Lipinski definition) is 2. The Balaban J connectivity index is 2.31. The van der Waals surface area contributed by atoms with Gasteiger partial charge < -0.3 is 15.2 Å². The van der Waals surface area contributed by atoms with E-state index in [4.69, 9.17) is 9.84 Å². The highest BCUT2D eigenvalue weighted by atomic mass is 32.1. The Kier molecular flexibility index (Phi) is 4.77. The molecule has 0 atom stereocenters. The van der Waals surface area contributed by atoms with Crippen LogP contribution in [-0.2, 0) is 0 Å². The molecule has 0 spiro atoms. The third kappa shape index (κ3) is 3.82. The van der Waals surface area contributed by atoms with Gasteiger partial charge in [-0.2, -0.15) is 0 Å². The molecule has 116 valence electrons. The van der Waals surface area contributed by atoms with Gasteiger partial charge in [0.05, 0.1) is 28.6 Å². The van der Waals surface area contributed by atoms with E-state index in [2.05, 4.69) is 10.3 Å². The number of ether oxygens (including phenoxy) is 1. The van der Waals surface area contributed by atoms with Gasteiger partial charge >= 0.3 is 5.97 Å². The van der Waals surface area contributed by atoms with Crippen LogP contribution in [0.3, 0.4) is 0 Å². The molecule has 0 saturated heterocycles. The van der Waals surface area contributed by atoms with Crippen LogP contribution in [0.25, 0.3) is 0 Å². The lowest BCUT2D eigenvalue weighted by atomic mass is 10.2. The zero-order valence-corrected chi connectivity index (χ0v) is 13.2. The molecule has 0 bridgehead atoms. The predicted molar refractivity (Wildman–Crippen MR) is 84.0 cm³/mol. The van der Waals surface area contributed by atoms with Crippen LogP contribution in [0.15, 0.2) is 24.4 Å². The van der Waals surface area contributed by atoms with Crippen molar-refractivity contribution < 1.29 is 19.4 Å². The monoisotopic (exact) mass is 320 g/mol. The number of carboxylic acid groups (broad SMARTS) is 1. The molecule has 7 heteroatoms. The summed E-state index contributed by atoms with van der Waals surface area (Å²) in [5.74, 6) is -0.989. The number of amides is 1. The third-order valence-electron chi connectivity index (χ3n) is 2.68. The summed E-state index contributed by atoms with van der Waals surface area (Å²) in [6, 6.07) is 4.36. The van der Waals surface area contributed by atoms with E-state index >= 15 is 0 Å². The van der Waals surface area contributed by atoms with Gasteiger partial charge in [0.1, 0.15) is 10.6 Å². The number of carbonyl (C=O) groups is 2. The lowest BCUT2D eigenvalue weighted by Gasteiger charge is -2.15. The van der Waals surface area contributed by atoms with Crippen molar-refractivity contribution in [2.24, 2.45) is 0 Å². The number of aromatic carboxylic acids is 1. The van der Waals surface area contributed by atoms with Crippen LogP contribution in [0.1, 0.15) is 38.9 Å². The molecule has 6 nitrogen and oxygen atoms in total. The van der Waals surface area contributed by atoms with Gasteiger partial charge in [-0.15, -0.1) is 11.3 Å². The highest BCUT2D eigenvalue weighted by Gasteiger charge is 2.15. The van der Waals surface area contributed by atoms with Crippen molar-refractivity contribution in [1.29, 1.82) is 0 Å². The van der Waals surface area contributed by atoms with E-state index in [9.17, 15) is 9.59 Å². The molecular formula is C15H16N2O4S. The van der Waals surface area contributed by atoms with Crippen LogP contribution in [0.5, 0.6) is 5.75 Å². The molecule has 1 aromatic heterocycles. The summed E-state index contributed by atoms with van der Waals surface area (Å²) < 4.78 is 5.60. The topological polar surface area (TPSA) is 88.5 Å². The molecule has 0 aliphatic rings. The molecule has 2 N–H and O–H groups in total. The van der Waals surface area contributed by atoms with Crippen LogP contribution in [0.2, 0.25) is 0 Å². The minimum Gasteiger partial charge on any atom is -0.489 e. The van der Waals surface area contributed by atoms with Gasteiger partial charge in [-0.1, -0.05) is 0 Å². The van der Waals surface area contributed by atoms with Gasteiger partial charge in [-0.05, 0) is 39.0 Å². The summed E-state index contributed by atoms with van der Waals surface area (Å²) >= 11 is 1.27. The standard InChI is InChI=1S/C15H16N2O4S/c1-8(2)21-12-5-4-10(15(19)20)6-11(12)17-14(18)13-7-16-9(3)22-13/h4-8H,1-3H3,(H,17,18)(H,19,20). The maximum absolute atomic E-state index is 12.2. The van der Waals surface area contributed by atoms with Crippen molar-refractivity contribution in [3.05, 3.63) is 39.8 Å². The molecule has 0 aliphatic heterocycles. The molecule has 0 fully saturated rings. The fourth-order valence-corrected chi connectivity index (χ4v) is 2.44. The molecule has 1 heterocycles. The maximum Gasteiger partial charge on any atom is 0.335 e. The maximum atomic E-state index is 12.2. The molecule has 2 aromatic rings. The summed E-state index contributed by atoms with van der Waals surface area (Å²) in [5, 5.41) is 12.5. The second-order valence-corrected chi connectivity index (χ2v) is 6.12. The van der Waals surface area contributed by atoms with E-state index in [1.54, 1.807) is 6.92 Å². The number of nitrogens with zero attached hydrogens (tertiary/aromatic N) is 1. The van der Waals surface area contributed by atoms with Gasteiger partial charge in [0.25, 0.3) is 5.91 Å². The Morgan fingerprint density at radius 3 is 2.64 bits per heavy atom. The van der Waals surface area contributed by atoms with Crippen LogP contribution >= 0.6 is 11.3 Å². The molecule has 1 amide bonds. The molecule has 0 saturated carbocycles. The van der Waals surface area contributed by atoms with Gasteiger partial charge in [0, 0.05) is 0 Å². The molecule has 0 aliphatic carbocycles. The van der Waals surface area contributed by atoms with E-state index < -0.39 is 5.97 Å².